The molecule has 1 aliphatic heterocycles. The number of carbonyl (C=O) groups is 1. The minimum atomic E-state index is -0.622. The van der Waals surface area contributed by atoms with Crippen LogP contribution in [0.3, 0.4) is 0 Å². The summed E-state index contributed by atoms with van der Waals surface area (Å²) in [5.41, 5.74) is 4.93. The summed E-state index contributed by atoms with van der Waals surface area (Å²) in [6, 6.07) is 0. The van der Waals surface area contributed by atoms with Crippen LogP contribution in [0.25, 0.3) is 0 Å². The molecule has 1 aromatic rings. The SMILES string of the molecule is CCCNC(C)(CCN1CCn2ccnc2C1)C(N)=O. The molecule has 0 spiro atoms. The van der Waals surface area contributed by atoms with E-state index in [-0.39, 0.29) is 5.91 Å². The van der Waals surface area contributed by atoms with Gasteiger partial charge in [0, 0.05) is 32.0 Å². The lowest BCUT2D eigenvalue weighted by Crippen LogP contribution is -2.55. The minimum Gasteiger partial charge on any atom is -0.368 e. The van der Waals surface area contributed by atoms with Gasteiger partial charge in [0.05, 0.1) is 12.1 Å². The molecular formula is C14H25N5O. The van der Waals surface area contributed by atoms with Crippen LogP contribution >= 0.6 is 0 Å². The summed E-state index contributed by atoms with van der Waals surface area (Å²) < 4.78 is 2.18. The van der Waals surface area contributed by atoms with E-state index in [9.17, 15) is 4.79 Å². The molecule has 6 heteroatoms. The Bertz CT molecular complexity index is 458. The molecule has 1 amide bonds. The van der Waals surface area contributed by atoms with Crippen LogP contribution in [0.4, 0.5) is 0 Å². The summed E-state index contributed by atoms with van der Waals surface area (Å²) in [5, 5.41) is 3.28. The molecule has 0 radical (unpaired) electrons. The van der Waals surface area contributed by atoms with Crippen LogP contribution in [0.1, 0.15) is 32.5 Å². The number of primary amides is 1. The average Bonchev–Trinajstić information content (AvgIpc) is 2.90. The Hall–Kier alpha value is -1.40. The second-order valence-electron chi connectivity index (χ2n) is 5.69. The third-order valence-electron chi connectivity index (χ3n) is 4.06. The predicted molar refractivity (Wildman–Crippen MR) is 78.0 cm³/mol. The molecule has 1 unspecified atom stereocenters. The van der Waals surface area contributed by atoms with Crippen LogP contribution in [-0.4, -0.2) is 45.5 Å². The molecule has 2 rings (SSSR count). The molecule has 0 fully saturated rings. The van der Waals surface area contributed by atoms with Crippen LogP contribution in [0.2, 0.25) is 0 Å². The van der Waals surface area contributed by atoms with E-state index in [1.54, 1.807) is 0 Å². The first-order valence-electron chi connectivity index (χ1n) is 7.32. The summed E-state index contributed by atoms with van der Waals surface area (Å²) in [6.45, 7) is 8.44. The highest BCUT2D eigenvalue weighted by atomic mass is 16.1. The average molecular weight is 279 g/mol. The maximum Gasteiger partial charge on any atom is 0.237 e. The normalized spacial score (nSPS) is 18.5. The van der Waals surface area contributed by atoms with Crippen LogP contribution in [0, 0.1) is 0 Å². The molecule has 0 aliphatic carbocycles. The van der Waals surface area contributed by atoms with Crippen molar-refractivity contribution in [1.29, 1.82) is 0 Å². The first kappa shape index (κ1) is 15.0. The van der Waals surface area contributed by atoms with Gasteiger partial charge in [0.15, 0.2) is 0 Å². The van der Waals surface area contributed by atoms with Gasteiger partial charge >= 0.3 is 0 Å². The van der Waals surface area contributed by atoms with Crippen molar-refractivity contribution in [2.45, 2.75) is 45.3 Å². The fourth-order valence-electron chi connectivity index (χ4n) is 2.50. The molecule has 6 nitrogen and oxygen atoms in total. The third-order valence-corrected chi connectivity index (χ3v) is 4.06. The molecule has 2 heterocycles. The van der Waals surface area contributed by atoms with Crippen molar-refractivity contribution in [2.24, 2.45) is 5.73 Å². The van der Waals surface area contributed by atoms with Gasteiger partial charge in [0.2, 0.25) is 5.91 Å². The number of fused-ring (bicyclic) bond motifs is 1. The van der Waals surface area contributed by atoms with Gasteiger partial charge in [-0.1, -0.05) is 6.92 Å². The zero-order chi connectivity index (χ0) is 14.6. The Kier molecular flexibility index (Phi) is 4.77. The lowest BCUT2D eigenvalue weighted by atomic mass is 9.96. The zero-order valence-corrected chi connectivity index (χ0v) is 12.4. The van der Waals surface area contributed by atoms with E-state index in [0.29, 0.717) is 0 Å². The summed E-state index contributed by atoms with van der Waals surface area (Å²) in [7, 11) is 0. The molecule has 0 bridgehead atoms. The van der Waals surface area contributed by atoms with E-state index in [0.717, 1.165) is 51.4 Å². The van der Waals surface area contributed by atoms with Crippen molar-refractivity contribution in [3.05, 3.63) is 18.2 Å². The van der Waals surface area contributed by atoms with Gasteiger partial charge in [0.25, 0.3) is 0 Å². The van der Waals surface area contributed by atoms with Gasteiger partial charge in [0.1, 0.15) is 5.82 Å². The largest absolute Gasteiger partial charge is 0.368 e. The van der Waals surface area contributed by atoms with E-state index >= 15 is 0 Å². The van der Waals surface area contributed by atoms with Crippen LogP contribution in [0.5, 0.6) is 0 Å². The molecule has 0 saturated heterocycles. The van der Waals surface area contributed by atoms with Gasteiger partial charge in [-0.05, 0) is 26.3 Å². The number of amides is 1. The van der Waals surface area contributed by atoms with E-state index in [2.05, 4.69) is 26.7 Å². The van der Waals surface area contributed by atoms with Crippen LogP contribution in [0.15, 0.2) is 12.4 Å². The van der Waals surface area contributed by atoms with Gasteiger partial charge in [-0.3, -0.25) is 9.69 Å². The van der Waals surface area contributed by atoms with E-state index < -0.39 is 5.54 Å². The third kappa shape index (κ3) is 3.37. The number of nitrogens with zero attached hydrogens (tertiary/aromatic N) is 3. The van der Waals surface area contributed by atoms with Crippen LogP contribution in [-0.2, 0) is 17.9 Å². The van der Waals surface area contributed by atoms with Gasteiger partial charge in [-0.2, -0.15) is 0 Å². The standard InChI is InChI=1S/C14H25N5O/c1-3-5-17-14(2,13(15)20)4-7-18-9-10-19-8-6-16-12(19)11-18/h6,8,17H,3-5,7,9-11H2,1-2H3,(H2,15,20). The van der Waals surface area contributed by atoms with Gasteiger partial charge < -0.3 is 15.6 Å². The zero-order valence-electron chi connectivity index (χ0n) is 12.4. The van der Waals surface area contributed by atoms with E-state index in [1.165, 1.54) is 0 Å². The maximum absolute atomic E-state index is 11.7. The highest BCUT2D eigenvalue weighted by molar-refractivity contribution is 5.84. The minimum absolute atomic E-state index is 0.274. The first-order valence-corrected chi connectivity index (χ1v) is 7.32. The quantitative estimate of drug-likeness (QED) is 0.754. The molecular weight excluding hydrogens is 254 g/mol. The summed E-state index contributed by atoms with van der Waals surface area (Å²) in [5.74, 6) is 0.822. The molecule has 1 aliphatic rings. The number of aromatic nitrogens is 2. The Morgan fingerprint density at radius 3 is 3.05 bits per heavy atom. The second kappa shape index (κ2) is 6.37. The Balaban J connectivity index is 1.89. The molecule has 1 atom stereocenters. The number of nitrogens with two attached hydrogens (primary N) is 1. The predicted octanol–water partition coefficient (Wildman–Crippen LogP) is 0.332. The van der Waals surface area contributed by atoms with Crippen molar-refractivity contribution >= 4 is 5.91 Å². The molecule has 1 aromatic heterocycles. The lowest BCUT2D eigenvalue weighted by molar-refractivity contribution is -0.124. The summed E-state index contributed by atoms with van der Waals surface area (Å²) >= 11 is 0. The van der Waals surface area contributed by atoms with E-state index in [1.807, 2.05) is 19.3 Å². The topological polar surface area (TPSA) is 76.2 Å². The Morgan fingerprint density at radius 1 is 1.55 bits per heavy atom. The number of hydrogen-bond acceptors (Lipinski definition) is 4. The van der Waals surface area contributed by atoms with Crippen molar-refractivity contribution in [1.82, 2.24) is 19.8 Å². The smallest absolute Gasteiger partial charge is 0.237 e. The monoisotopic (exact) mass is 279 g/mol. The maximum atomic E-state index is 11.7. The molecule has 112 valence electrons. The van der Waals surface area contributed by atoms with Gasteiger partial charge in [-0.15, -0.1) is 0 Å². The highest BCUT2D eigenvalue weighted by Crippen LogP contribution is 2.15. The Labute approximate surface area is 120 Å². The van der Waals surface area contributed by atoms with Crippen molar-refractivity contribution in [3.63, 3.8) is 0 Å². The Morgan fingerprint density at radius 2 is 2.35 bits per heavy atom. The number of nitrogens with one attached hydrogen (secondary N) is 1. The second-order valence-corrected chi connectivity index (χ2v) is 5.69. The number of imidazole rings is 1. The molecule has 0 aromatic carbocycles. The fourth-order valence-corrected chi connectivity index (χ4v) is 2.50. The van der Waals surface area contributed by atoms with Gasteiger partial charge in [-0.25, -0.2) is 4.98 Å². The van der Waals surface area contributed by atoms with Crippen molar-refractivity contribution in [2.75, 3.05) is 19.6 Å². The number of rotatable bonds is 7. The molecule has 0 saturated carbocycles. The van der Waals surface area contributed by atoms with E-state index in [4.69, 9.17) is 5.73 Å². The molecule has 3 N–H and O–H groups in total. The van der Waals surface area contributed by atoms with Crippen molar-refractivity contribution in [3.8, 4) is 0 Å². The number of hydrogen-bond donors (Lipinski definition) is 2. The van der Waals surface area contributed by atoms with Crippen LogP contribution < -0.4 is 11.1 Å². The summed E-state index contributed by atoms with van der Waals surface area (Å²) in [6.07, 6.45) is 5.57. The van der Waals surface area contributed by atoms with Crippen molar-refractivity contribution < 1.29 is 4.79 Å². The number of carbonyl (C=O) groups excluding carboxylic acids is 1. The lowest BCUT2D eigenvalue weighted by Gasteiger charge is -2.32. The molecule has 20 heavy (non-hydrogen) atoms. The fraction of sp³-hybridized carbons (Fsp3) is 0.714. The summed E-state index contributed by atoms with van der Waals surface area (Å²) in [4.78, 5) is 18.4. The first-order chi connectivity index (χ1) is 9.55. The highest BCUT2D eigenvalue weighted by Gasteiger charge is 2.31.